The quantitative estimate of drug-likeness (QED) is 0.829. The number of aliphatic hydroxyl groups excluding tert-OH is 2. The topological polar surface area (TPSA) is 58.9 Å². The maximum atomic E-state index is 10.1. The molecule has 98 valence electrons. The second-order valence-corrected chi connectivity index (χ2v) is 5.11. The van der Waals surface area contributed by atoms with Crippen LogP contribution in [-0.2, 0) is 16.1 Å². The van der Waals surface area contributed by atoms with Crippen LogP contribution in [0.25, 0.3) is 0 Å². The lowest BCUT2D eigenvalue weighted by atomic mass is 9.83. The molecule has 4 nitrogen and oxygen atoms in total. The first-order chi connectivity index (χ1) is 8.75. The summed E-state index contributed by atoms with van der Waals surface area (Å²) in [4.78, 5) is 0. The van der Waals surface area contributed by atoms with Gasteiger partial charge in [0.25, 0.3) is 0 Å². The van der Waals surface area contributed by atoms with Gasteiger partial charge in [-0.25, -0.2) is 0 Å². The fourth-order valence-corrected chi connectivity index (χ4v) is 2.80. The maximum absolute atomic E-state index is 10.1. The number of hydrogen-bond donors (Lipinski definition) is 2. The van der Waals surface area contributed by atoms with Gasteiger partial charge in [-0.2, -0.15) is 0 Å². The van der Waals surface area contributed by atoms with Crippen LogP contribution in [0.5, 0.6) is 0 Å². The van der Waals surface area contributed by atoms with Crippen LogP contribution < -0.4 is 0 Å². The Labute approximate surface area is 106 Å². The Morgan fingerprint density at radius 2 is 1.94 bits per heavy atom. The molecule has 0 spiro atoms. The van der Waals surface area contributed by atoms with E-state index in [9.17, 15) is 10.2 Å². The van der Waals surface area contributed by atoms with Crippen LogP contribution in [0.3, 0.4) is 0 Å². The number of rotatable bonds is 3. The van der Waals surface area contributed by atoms with Crippen LogP contribution in [0.2, 0.25) is 0 Å². The summed E-state index contributed by atoms with van der Waals surface area (Å²) in [5, 5.41) is 20.2. The minimum atomic E-state index is -0.734. The van der Waals surface area contributed by atoms with Crippen molar-refractivity contribution in [3.05, 3.63) is 35.9 Å². The van der Waals surface area contributed by atoms with Crippen molar-refractivity contribution < 1.29 is 19.7 Å². The van der Waals surface area contributed by atoms with Crippen molar-refractivity contribution in [2.75, 3.05) is 6.61 Å². The zero-order valence-electron chi connectivity index (χ0n) is 10.1. The van der Waals surface area contributed by atoms with E-state index in [1.54, 1.807) is 0 Å². The van der Waals surface area contributed by atoms with Crippen molar-refractivity contribution in [2.45, 2.75) is 37.4 Å². The molecule has 1 saturated carbocycles. The number of aliphatic hydroxyl groups is 2. The monoisotopic (exact) mass is 250 g/mol. The summed E-state index contributed by atoms with van der Waals surface area (Å²) in [7, 11) is 0. The van der Waals surface area contributed by atoms with Gasteiger partial charge < -0.3 is 19.7 Å². The highest BCUT2D eigenvalue weighted by Gasteiger charge is 2.48. The van der Waals surface area contributed by atoms with Gasteiger partial charge in [0.2, 0.25) is 0 Å². The van der Waals surface area contributed by atoms with E-state index >= 15 is 0 Å². The van der Waals surface area contributed by atoms with E-state index in [0.717, 1.165) is 12.0 Å². The summed E-state index contributed by atoms with van der Waals surface area (Å²) in [6.45, 7) is 0.924. The summed E-state index contributed by atoms with van der Waals surface area (Å²) < 4.78 is 11.1. The Bertz CT molecular complexity index is 378. The second kappa shape index (κ2) is 4.97. The SMILES string of the molecule is OC1C2COC(C2)[C@H](O)[C@H]1OCc1ccccc1. The Morgan fingerprint density at radius 1 is 1.17 bits per heavy atom. The molecule has 2 fully saturated rings. The summed E-state index contributed by atoms with van der Waals surface area (Å²) in [6, 6.07) is 9.76. The third-order valence-corrected chi connectivity index (χ3v) is 3.88. The highest BCUT2D eigenvalue weighted by Crippen LogP contribution is 2.35. The average molecular weight is 250 g/mol. The van der Waals surface area contributed by atoms with E-state index in [2.05, 4.69) is 0 Å². The first-order valence-electron chi connectivity index (χ1n) is 6.39. The molecule has 0 radical (unpaired) electrons. The predicted molar refractivity (Wildman–Crippen MR) is 64.9 cm³/mol. The fourth-order valence-electron chi connectivity index (χ4n) is 2.80. The van der Waals surface area contributed by atoms with Crippen LogP contribution >= 0.6 is 0 Å². The largest absolute Gasteiger partial charge is 0.390 e. The van der Waals surface area contributed by atoms with Crippen molar-refractivity contribution in [1.82, 2.24) is 0 Å². The molecule has 3 unspecified atom stereocenters. The van der Waals surface area contributed by atoms with Crippen LogP contribution in [0.4, 0.5) is 0 Å². The molecule has 1 saturated heterocycles. The summed E-state index contributed by atoms with van der Waals surface area (Å²) in [5.41, 5.74) is 1.04. The second-order valence-electron chi connectivity index (χ2n) is 5.11. The first kappa shape index (κ1) is 12.1. The standard InChI is InChI=1S/C14H18O4/c15-12-10-6-11(17-8-10)13(16)14(12)18-7-9-4-2-1-3-5-9/h1-5,10-16H,6-8H2/t10?,11?,12?,13-,14-/m0/s1. The fraction of sp³-hybridized carbons (Fsp3) is 0.571. The van der Waals surface area contributed by atoms with Gasteiger partial charge >= 0.3 is 0 Å². The molecular weight excluding hydrogens is 232 g/mol. The Kier molecular flexibility index (Phi) is 3.35. The molecule has 1 heterocycles. The molecule has 2 aliphatic rings. The molecule has 2 N–H and O–H groups in total. The van der Waals surface area contributed by atoms with Gasteiger partial charge in [0.05, 0.1) is 25.4 Å². The van der Waals surface area contributed by atoms with Crippen LogP contribution in [-0.4, -0.2) is 41.2 Å². The molecule has 5 atom stereocenters. The van der Waals surface area contributed by atoms with Gasteiger partial charge in [0.15, 0.2) is 0 Å². The van der Waals surface area contributed by atoms with Crippen molar-refractivity contribution in [3.8, 4) is 0 Å². The molecule has 1 aromatic carbocycles. The molecule has 0 amide bonds. The van der Waals surface area contributed by atoms with Crippen molar-refractivity contribution in [3.63, 3.8) is 0 Å². The highest BCUT2D eigenvalue weighted by atomic mass is 16.5. The van der Waals surface area contributed by atoms with E-state index in [0.29, 0.717) is 13.2 Å². The van der Waals surface area contributed by atoms with Gasteiger partial charge in [-0.15, -0.1) is 0 Å². The average Bonchev–Trinajstić information content (AvgIpc) is 2.85. The summed E-state index contributed by atoms with van der Waals surface area (Å²) in [6.07, 6.45) is -1.37. The van der Waals surface area contributed by atoms with Crippen molar-refractivity contribution >= 4 is 0 Å². The maximum Gasteiger partial charge on any atom is 0.113 e. The van der Waals surface area contributed by atoms with E-state index in [1.807, 2.05) is 30.3 Å². The zero-order valence-corrected chi connectivity index (χ0v) is 10.1. The minimum Gasteiger partial charge on any atom is -0.390 e. The number of fused-ring (bicyclic) bond motifs is 2. The number of ether oxygens (including phenoxy) is 2. The van der Waals surface area contributed by atoms with E-state index < -0.39 is 18.3 Å². The van der Waals surface area contributed by atoms with Gasteiger partial charge in [-0.1, -0.05) is 30.3 Å². The summed E-state index contributed by atoms with van der Waals surface area (Å²) >= 11 is 0. The number of benzene rings is 1. The third kappa shape index (κ3) is 2.17. The molecular formula is C14H18O4. The van der Waals surface area contributed by atoms with Gasteiger partial charge in [-0.05, 0) is 12.0 Å². The van der Waals surface area contributed by atoms with E-state index in [1.165, 1.54) is 0 Å². The number of hydrogen-bond acceptors (Lipinski definition) is 4. The Hall–Kier alpha value is -0.940. The molecule has 1 aromatic rings. The van der Waals surface area contributed by atoms with E-state index in [4.69, 9.17) is 9.47 Å². The predicted octanol–water partition coefficient (Wildman–Crippen LogP) is 0.712. The normalized spacial score (nSPS) is 38.9. The van der Waals surface area contributed by atoms with Crippen molar-refractivity contribution in [1.29, 1.82) is 0 Å². The van der Waals surface area contributed by atoms with Crippen LogP contribution in [0.1, 0.15) is 12.0 Å². The zero-order chi connectivity index (χ0) is 12.5. The lowest BCUT2D eigenvalue weighted by Crippen LogP contribution is -2.51. The highest BCUT2D eigenvalue weighted by molar-refractivity contribution is 5.13. The minimum absolute atomic E-state index is 0.0965. The first-order valence-corrected chi connectivity index (χ1v) is 6.39. The molecule has 0 aromatic heterocycles. The third-order valence-electron chi connectivity index (χ3n) is 3.88. The van der Waals surface area contributed by atoms with Gasteiger partial charge in [0.1, 0.15) is 12.2 Å². The molecule has 18 heavy (non-hydrogen) atoms. The van der Waals surface area contributed by atoms with E-state index in [-0.39, 0.29) is 12.0 Å². The lowest BCUT2D eigenvalue weighted by Gasteiger charge is -2.35. The Balaban J connectivity index is 1.65. The molecule has 1 aliphatic heterocycles. The smallest absolute Gasteiger partial charge is 0.113 e. The lowest BCUT2D eigenvalue weighted by molar-refractivity contribution is -0.152. The van der Waals surface area contributed by atoms with Gasteiger partial charge in [-0.3, -0.25) is 0 Å². The van der Waals surface area contributed by atoms with Crippen LogP contribution in [0, 0.1) is 5.92 Å². The van der Waals surface area contributed by atoms with Gasteiger partial charge in [0, 0.05) is 5.92 Å². The molecule has 4 heteroatoms. The molecule has 3 rings (SSSR count). The Morgan fingerprint density at radius 3 is 2.72 bits per heavy atom. The molecule has 2 bridgehead atoms. The summed E-state index contributed by atoms with van der Waals surface area (Å²) in [5.74, 6) is 0.0965. The van der Waals surface area contributed by atoms with Crippen molar-refractivity contribution in [2.24, 2.45) is 5.92 Å². The molecule has 1 aliphatic carbocycles. The van der Waals surface area contributed by atoms with Crippen LogP contribution in [0.15, 0.2) is 30.3 Å².